The molecule has 2 atom stereocenters. The number of aliphatic hydroxyl groups excluding tert-OH is 1. The summed E-state index contributed by atoms with van der Waals surface area (Å²) in [5.74, 6) is 0.231. The first-order valence-electron chi connectivity index (χ1n) is 7.74. The molecule has 1 fully saturated rings. The van der Waals surface area contributed by atoms with Crippen LogP contribution < -0.4 is 5.32 Å². The van der Waals surface area contributed by atoms with Gasteiger partial charge in [-0.3, -0.25) is 4.98 Å². The van der Waals surface area contributed by atoms with Crippen LogP contribution in [0.15, 0.2) is 24.4 Å². The van der Waals surface area contributed by atoms with Crippen LogP contribution in [0.3, 0.4) is 0 Å². The number of nitrogens with one attached hydrogen (secondary N) is 1. The summed E-state index contributed by atoms with van der Waals surface area (Å²) in [5.41, 5.74) is 1.05. The predicted molar refractivity (Wildman–Crippen MR) is 81.9 cm³/mol. The van der Waals surface area contributed by atoms with Gasteiger partial charge in [0.25, 0.3) is 0 Å². The van der Waals surface area contributed by atoms with E-state index in [1.807, 2.05) is 18.2 Å². The molecule has 1 aromatic heterocycles. The Morgan fingerprint density at radius 2 is 2.33 bits per heavy atom. The number of urea groups is 1. The summed E-state index contributed by atoms with van der Waals surface area (Å²) < 4.78 is 0. The fraction of sp³-hybridized carbons (Fsp3) is 0.625. The van der Waals surface area contributed by atoms with Crippen LogP contribution in [0, 0.1) is 5.92 Å². The number of hydrogen-bond acceptors (Lipinski definition) is 3. The third-order valence-corrected chi connectivity index (χ3v) is 4.09. The molecule has 1 heterocycles. The Kier molecular flexibility index (Phi) is 5.99. The fourth-order valence-electron chi connectivity index (χ4n) is 2.81. The molecule has 1 saturated carbocycles. The Labute approximate surface area is 126 Å². The van der Waals surface area contributed by atoms with Crippen molar-refractivity contribution in [1.82, 2.24) is 15.2 Å². The summed E-state index contributed by atoms with van der Waals surface area (Å²) in [6.07, 6.45) is 6.22. The zero-order chi connectivity index (χ0) is 15.1. The molecule has 5 nitrogen and oxygen atoms in total. The number of carbonyl (C=O) groups excluding carboxylic acids is 1. The highest BCUT2D eigenvalue weighted by Gasteiger charge is 2.27. The Morgan fingerprint density at radius 3 is 3.00 bits per heavy atom. The summed E-state index contributed by atoms with van der Waals surface area (Å²) in [5, 5.41) is 12.7. The summed E-state index contributed by atoms with van der Waals surface area (Å²) in [7, 11) is 1.79. The van der Waals surface area contributed by atoms with Crippen LogP contribution in [0.1, 0.15) is 31.4 Å². The number of aliphatic hydroxyl groups is 1. The van der Waals surface area contributed by atoms with Gasteiger partial charge >= 0.3 is 6.03 Å². The van der Waals surface area contributed by atoms with E-state index in [0.29, 0.717) is 13.1 Å². The highest BCUT2D eigenvalue weighted by Crippen LogP contribution is 2.25. The molecule has 2 amide bonds. The van der Waals surface area contributed by atoms with E-state index in [4.69, 9.17) is 0 Å². The summed E-state index contributed by atoms with van der Waals surface area (Å²) in [6, 6.07) is 5.81. The van der Waals surface area contributed by atoms with E-state index in [0.717, 1.165) is 37.8 Å². The van der Waals surface area contributed by atoms with Gasteiger partial charge in [-0.2, -0.15) is 0 Å². The number of rotatable bonds is 6. The number of pyridine rings is 1. The van der Waals surface area contributed by atoms with Crippen molar-refractivity contribution in [3.63, 3.8) is 0 Å². The zero-order valence-electron chi connectivity index (χ0n) is 12.7. The number of aryl methyl sites for hydroxylation is 1. The molecule has 1 aliphatic rings. The topological polar surface area (TPSA) is 65.5 Å². The van der Waals surface area contributed by atoms with Crippen LogP contribution >= 0.6 is 0 Å². The van der Waals surface area contributed by atoms with Crippen molar-refractivity contribution in [3.8, 4) is 0 Å². The third kappa shape index (κ3) is 5.01. The monoisotopic (exact) mass is 291 g/mol. The SMILES string of the molecule is CN(C[C@@H]1CCC[C@H]1O)C(=O)NCCCc1ccccn1. The number of nitrogens with zero attached hydrogens (tertiary/aromatic N) is 2. The molecule has 116 valence electrons. The second-order valence-corrected chi connectivity index (χ2v) is 5.80. The Hall–Kier alpha value is -1.62. The highest BCUT2D eigenvalue weighted by molar-refractivity contribution is 5.73. The van der Waals surface area contributed by atoms with Crippen molar-refractivity contribution in [2.45, 2.75) is 38.2 Å². The molecule has 1 aliphatic carbocycles. The predicted octanol–water partition coefficient (Wildman–Crippen LogP) is 1.82. The third-order valence-electron chi connectivity index (χ3n) is 4.09. The highest BCUT2D eigenvalue weighted by atomic mass is 16.3. The standard InChI is InChI=1S/C16H25N3O2/c1-19(12-13-6-4-9-15(13)20)16(21)18-11-5-8-14-7-2-3-10-17-14/h2-3,7,10,13,15,20H,4-6,8-9,11-12H2,1H3,(H,18,21)/t13-,15+/m0/s1. The molecule has 2 N–H and O–H groups in total. The van der Waals surface area contributed by atoms with Gasteiger partial charge in [0.05, 0.1) is 6.10 Å². The van der Waals surface area contributed by atoms with Gasteiger partial charge in [0.1, 0.15) is 0 Å². The summed E-state index contributed by atoms with van der Waals surface area (Å²) in [4.78, 5) is 17.9. The summed E-state index contributed by atoms with van der Waals surface area (Å²) >= 11 is 0. The van der Waals surface area contributed by atoms with Gasteiger partial charge in [0.2, 0.25) is 0 Å². The van der Waals surface area contributed by atoms with Crippen LogP contribution in [0.25, 0.3) is 0 Å². The maximum absolute atomic E-state index is 12.0. The number of carbonyl (C=O) groups is 1. The van der Waals surface area contributed by atoms with Crippen LogP contribution in [0.5, 0.6) is 0 Å². The average Bonchev–Trinajstić information content (AvgIpc) is 2.89. The quantitative estimate of drug-likeness (QED) is 0.786. The maximum atomic E-state index is 12.0. The molecule has 0 bridgehead atoms. The Bertz CT molecular complexity index is 438. The van der Waals surface area contributed by atoms with E-state index in [9.17, 15) is 9.90 Å². The van der Waals surface area contributed by atoms with Gasteiger partial charge in [-0.1, -0.05) is 12.5 Å². The van der Waals surface area contributed by atoms with Gasteiger partial charge in [-0.15, -0.1) is 0 Å². The average molecular weight is 291 g/mol. The fourth-order valence-corrected chi connectivity index (χ4v) is 2.81. The van der Waals surface area contributed by atoms with Crippen molar-refractivity contribution in [1.29, 1.82) is 0 Å². The first-order chi connectivity index (χ1) is 10.2. The molecule has 2 rings (SSSR count). The molecule has 0 spiro atoms. The Balaban J connectivity index is 1.62. The second kappa shape index (κ2) is 7.98. The smallest absolute Gasteiger partial charge is 0.317 e. The molecule has 0 aliphatic heterocycles. The van der Waals surface area contributed by atoms with Gasteiger partial charge in [-0.25, -0.2) is 4.79 Å². The van der Waals surface area contributed by atoms with E-state index >= 15 is 0 Å². The molecule has 0 unspecified atom stereocenters. The lowest BCUT2D eigenvalue weighted by atomic mass is 10.1. The molecule has 21 heavy (non-hydrogen) atoms. The molecular weight excluding hydrogens is 266 g/mol. The minimum absolute atomic E-state index is 0.0601. The minimum atomic E-state index is -0.246. The van der Waals surface area contributed by atoms with E-state index in [1.54, 1.807) is 18.1 Å². The van der Waals surface area contributed by atoms with Crippen molar-refractivity contribution in [3.05, 3.63) is 30.1 Å². The minimum Gasteiger partial charge on any atom is -0.393 e. The molecule has 5 heteroatoms. The van der Waals surface area contributed by atoms with Gasteiger partial charge in [-0.05, 0) is 37.8 Å². The van der Waals surface area contributed by atoms with Crippen LogP contribution in [0.4, 0.5) is 4.79 Å². The lowest BCUT2D eigenvalue weighted by Gasteiger charge is -2.23. The number of aromatic nitrogens is 1. The van der Waals surface area contributed by atoms with Crippen molar-refractivity contribution in [2.24, 2.45) is 5.92 Å². The van der Waals surface area contributed by atoms with E-state index in [-0.39, 0.29) is 18.1 Å². The first-order valence-corrected chi connectivity index (χ1v) is 7.74. The van der Waals surface area contributed by atoms with Gasteiger partial charge in [0.15, 0.2) is 0 Å². The van der Waals surface area contributed by atoms with Crippen LogP contribution in [-0.4, -0.2) is 47.3 Å². The number of hydrogen-bond donors (Lipinski definition) is 2. The van der Waals surface area contributed by atoms with Crippen molar-refractivity contribution < 1.29 is 9.90 Å². The molecule has 0 radical (unpaired) electrons. The first kappa shape index (κ1) is 15.8. The zero-order valence-corrected chi connectivity index (χ0v) is 12.7. The maximum Gasteiger partial charge on any atom is 0.317 e. The van der Waals surface area contributed by atoms with Crippen molar-refractivity contribution >= 4 is 6.03 Å². The van der Waals surface area contributed by atoms with E-state index < -0.39 is 0 Å². The molecule has 0 saturated heterocycles. The lowest BCUT2D eigenvalue weighted by Crippen LogP contribution is -2.41. The molecule has 1 aromatic rings. The van der Waals surface area contributed by atoms with Gasteiger partial charge in [0, 0.05) is 37.9 Å². The van der Waals surface area contributed by atoms with E-state index in [1.165, 1.54) is 0 Å². The van der Waals surface area contributed by atoms with Crippen LogP contribution in [-0.2, 0) is 6.42 Å². The normalized spacial score (nSPS) is 21.2. The van der Waals surface area contributed by atoms with E-state index in [2.05, 4.69) is 10.3 Å². The van der Waals surface area contributed by atoms with Crippen LogP contribution in [0.2, 0.25) is 0 Å². The summed E-state index contributed by atoms with van der Waals surface area (Å²) in [6.45, 7) is 1.28. The molecular formula is C16H25N3O2. The van der Waals surface area contributed by atoms with Crippen molar-refractivity contribution in [2.75, 3.05) is 20.1 Å². The Morgan fingerprint density at radius 1 is 1.48 bits per heavy atom. The number of amides is 2. The largest absolute Gasteiger partial charge is 0.393 e. The lowest BCUT2D eigenvalue weighted by molar-refractivity contribution is 0.114. The second-order valence-electron chi connectivity index (χ2n) is 5.80. The van der Waals surface area contributed by atoms with Gasteiger partial charge < -0.3 is 15.3 Å². The molecule has 0 aromatic carbocycles.